The van der Waals surface area contributed by atoms with Gasteiger partial charge in [0.15, 0.2) is 6.17 Å². The highest BCUT2D eigenvalue weighted by atomic mass is 35.5. The number of guanidine groups is 2. The van der Waals surface area contributed by atoms with Gasteiger partial charge in [-0.3, -0.25) is 10.3 Å². The molecule has 0 radical (unpaired) electrons. The second kappa shape index (κ2) is 8.21. The van der Waals surface area contributed by atoms with Crippen molar-refractivity contribution in [1.82, 2.24) is 10.6 Å². The Hall–Kier alpha value is -2.73. The van der Waals surface area contributed by atoms with Gasteiger partial charge in [-0.15, -0.1) is 0 Å². The van der Waals surface area contributed by atoms with Gasteiger partial charge in [0.1, 0.15) is 5.75 Å². The number of rotatable bonds is 4. The molecule has 0 saturated heterocycles. The van der Waals surface area contributed by atoms with E-state index >= 15 is 0 Å². The van der Waals surface area contributed by atoms with Gasteiger partial charge in [-0.1, -0.05) is 30.3 Å². The number of phenolic OH excluding ortho intramolecular Hbond substituents is 1. The van der Waals surface area contributed by atoms with Gasteiger partial charge in [-0.2, -0.15) is 4.99 Å². The highest BCUT2D eigenvalue weighted by Crippen LogP contribution is 2.18. The molecule has 0 fully saturated rings. The summed E-state index contributed by atoms with van der Waals surface area (Å²) in [5, 5.41) is 15.6. The van der Waals surface area contributed by atoms with Crippen LogP contribution in [0.4, 0.5) is 0 Å². The fourth-order valence-corrected chi connectivity index (χ4v) is 2.39. The average Bonchev–Trinajstić information content (AvgIpc) is 2.56. The lowest BCUT2D eigenvalue weighted by atomic mass is 10.1. The summed E-state index contributed by atoms with van der Waals surface area (Å²) in [6.07, 6.45) is 0.630. The molecule has 0 spiro atoms. The van der Waals surface area contributed by atoms with Crippen LogP contribution in [0.25, 0.3) is 0 Å². The molecule has 0 aliphatic carbocycles. The first-order chi connectivity index (χ1) is 11.2. The maximum Gasteiger partial charge on any atom is 0.352 e. The van der Waals surface area contributed by atoms with Crippen LogP contribution in [-0.4, -0.2) is 23.6 Å². The van der Waals surface area contributed by atoms with Crippen LogP contribution in [0.2, 0.25) is 0 Å². The van der Waals surface area contributed by atoms with Crippen molar-refractivity contribution in [3.05, 3.63) is 65.7 Å². The molecule has 2 aromatic carbocycles. The molecule has 0 aromatic heterocycles. The molecule has 6 N–H and O–H groups in total. The van der Waals surface area contributed by atoms with Crippen LogP contribution in [0, 0.1) is 0 Å². The monoisotopic (exact) mass is 345 g/mol. The van der Waals surface area contributed by atoms with Gasteiger partial charge in [0.2, 0.25) is 0 Å². The molecule has 1 aliphatic heterocycles. The lowest BCUT2D eigenvalue weighted by Gasteiger charge is -2.18. The van der Waals surface area contributed by atoms with E-state index in [1.807, 2.05) is 30.3 Å². The molecule has 0 amide bonds. The Bertz CT molecular complexity index is 716. The number of nitrogens with one attached hydrogen (secondary N) is 3. The quantitative estimate of drug-likeness (QED) is 0.399. The molecule has 6 nitrogen and oxygen atoms in total. The van der Waals surface area contributed by atoms with E-state index in [0.717, 1.165) is 24.5 Å². The van der Waals surface area contributed by atoms with Gasteiger partial charge < -0.3 is 23.2 Å². The summed E-state index contributed by atoms with van der Waals surface area (Å²) in [5.74, 6) is 1.31. The van der Waals surface area contributed by atoms with Crippen LogP contribution in [0.3, 0.4) is 0 Å². The van der Waals surface area contributed by atoms with Crippen LogP contribution >= 0.6 is 0 Å². The fraction of sp³-hybridized carbons (Fsp3) is 0.176. The van der Waals surface area contributed by atoms with Crippen LogP contribution < -0.4 is 33.8 Å². The van der Waals surface area contributed by atoms with E-state index in [1.54, 1.807) is 12.1 Å². The Balaban J connectivity index is 0.00000208. The number of phenols is 1. The minimum atomic E-state index is -0.281. The molecule has 2 aromatic rings. The molecule has 24 heavy (non-hydrogen) atoms. The number of halogens is 1. The Morgan fingerprint density at radius 2 is 1.79 bits per heavy atom. The van der Waals surface area contributed by atoms with Crippen molar-refractivity contribution in [1.29, 1.82) is 0 Å². The second-order valence-corrected chi connectivity index (χ2v) is 5.32. The van der Waals surface area contributed by atoms with Gasteiger partial charge in [-0.25, -0.2) is 5.32 Å². The number of nitrogens with zero attached hydrogens (tertiary/aromatic N) is 1. The number of hydrogen-bond acceptors (Lipinski definition) is 3. The summed E-state index contributed by atoms with van der Waals surface area (Å²) < 4.78 is 0. The van der Waals surface area contributed by atoms with Crippen molar-refractivity contribution in [2.24, 2.45) is 10.7 Å². The summed E-state index contributed by atoms with van der Waals surface area (Å²) in [5.41, 5.74) is 8.05. The lowest BCUT2D eigenvalue weighted by molar-refractivity contribution is -0.460. The Kier molecular flexibility index (Phi) is 6.03. The zero-order valence-corrected chi connectivity index (χ0v) is 13.8. The second-order valence-electron chi connectivity index (χ2n) is 5.32. The maximum atomic E-state index is 9.37. The topological polar surface area (TPSA) is 96.6 Å². The van der Waals surface area contributed by atoms with Gasteiger partial charge >= 0.3 is 5.96 Å². The number of hydrogen-bond donors (Lipinski definition) is 5. The predicted octanol–water partition coefficient (Wildman–Crippen LogP) is -3.42. The zero-order chi connectivity index (χ0) is 16.1. The molecule has 0 bridgehead atoms. The molecule has 1 aliphatic rings. The van der Waals surface area contributed by atoms with E-state index in [9.17, 15) is 5.11 Å². The number of aliphatic imine (C=N–C) groups is 1. The molecular weight excluding hydrogens is 326 g/mol. The smallest absolute Gasteiger partial charge is 0.352 e. The minimum absolute atomic E-state index is 0. The van der Waals surface area contributed by atoms with Crippen LogP contribution in [0.15, 0.2) is 59.6 Å². The molecule has 126 valence electrons. The molecule has 1 atom stereocenters. The molecule has 0 saturated carbocycles. The van der Waals surface area contributed by atoms with Crippen LogP contribution in [0.5, 0.6) is 5.75 Å². The van der Waals surface area contributed by atoms with Crippen molar-refractivity contribution in [3.63, 3.8) is 0 Å². The van der Waals surface area contributed by atoms with Gasteiger partial charge in [-0.05, 0) is 29.8 Å². The third kappa shape index (κ3) is 4.63. The molecule has 1 unspecified atom stereocenters. The number of nitrogens with two attached hydrogens (primary N) is 1. The summed E-state index contributed by atoms with van der Waals surface area (Å²) in [4.78, 5) is 7.62. The van der Waals surface area contributed by atoms with Crippen molar-refractivity contribution >= 4 is 11.9 Å². The van der Waals surface area contributed by atoms with Crippen LogP contribution in [-0.2, 0) is 6.42 Å². The fourth-order valence-electron chi connectivity index (χ4n) is 2.39. The van der Waals surface area contributed by atoms with Gasteiger partial charge in [0.05, 0.1) is 6.54 Å². The van der Waals surface area contributed by atoms with Gasteiger partial charge in [0.25, 0.3) is 5.96 Å². The summed E-state index contributed by atoms with van der Waals surface area (Å²) in [7, 11) is 0. The lowest BCUT2D eigenvalue weighted by Crippen LogP contribution is -3.00. The molecule has 1 heterocycles. The van der Waals surface area contributed by atoms with E-state index in [-0.39, 0.29) is 24.3 Å². The van der Waals surface area contributed by atoms with E-state index in [0.29, 0.717) is 5.96 Å². The van der Waals surface area contributed by atoms with Crippen molar-refractivity contribution in [2.45, 2.75) is 12.6 Å². The first kappa shape index (κ1) is 17.6. The Labute approximate surface area is 146 Å². The highest BCUT2D eigenvalue weighted by Gasteiger charge is 2.24. The maximum absolute atomic E-state index is 9.37. The first-order valence-corrected chi connectivity index (χ1v) is 7.51. The van der Waals surface area contributed by atoms with Gasteiger partial charge in [0, 0.05) is 12.0 Å². The molecule has 7 heteroatoms. The SMILES string of the molecule is NC1=NC(c2ccc(O)cc2)NC(=[NH+]CCc2ccccc2)N1.[Cl-]. The van der Waals surface area contributed by atoms with Crippen molar-refractivity contribution in [2.75, 3.05) is 6.54 Å². The van der Waals surface area contributed by atoms with E-state index in [2.05, 4.69) is 32.8 Å². The standard InChI is InChI=1S/C17H19N5O.ClH/c18-16-20-15(13-6-8-14(23)9-7-13)21-17(22-16)19-11-10-12-4-2-1-3-5-12;/h1-9,15,23H,10-11H2,(H4,18,19,20,21,22);1H. The van der Waals surface area contributed by atoms with E-state index in [1.165, 1.54) is 5.56 Å². The van der Waals surface area contributed by atoms with E-state index in [4.69, 9.17) is 5.73 Å². The number of aromatic hydroxyl groups is 1. The first-order valence-electron chi connectivity index (χ1n) is 7.51. The Morgan fingerprint density at radius 1 is 1.08 bits per heavy atom. The summed E-state index contributed by atoms with van der Waals surface area (Å²) >= 11 is 0. The predicted molar refractivity (Wildman–Crippen MR) is 89.7 cm³/mol. The third-order valence-electron chi connectivity index (χ3n) is 3.57. The van der Waals surface area contributed by atoms with Crippen molar-refractivity contribution < 1.29 is 22.5 Å². The minimum Gasteiger partial charge on any atom is -1.00 e. The Morgan fingerprint density at radius 3 is 2.50 bits per heavy atom. The van der Waals surface area contributed by atoms with Crippen LogP contribution in [0.1, 0.15) is 17.3 Å². The highest BCUT2D eigenvalue weighted by molar-refractivity contribution is 5.97. The molecular formula is C17H20ClN5O. The largest absolute Gasteiger partial charge is 1.00 e. The average molecular weight is 346 g/mol. The zero-order valence-electron chi connectivity index (χ0n) is 13.0. The normalized spacial score (nSPS) is 18.1. The van der Waals surface area contributed by atoms with Crippen molar-refractivity contribution in [3.8, 4) is 5.75 Å². The van der Waals surface area contributed by atoms with E-state index < -0.39 is 0 Å². The summed E-state index contributed by atoms with van der Waals surface area (Å²) in [6, 6.07) is 17.2. The number of benzene rings is 2. The molecule has 3 rings (SSSR count). The summed E-state index contributed by atoms with van der Waals surface area (Å²) in [6.45, 7) is 0.773. The third-order valence-corrected chi connectivity index (χ3v) is 3.57.